The van der Waals surface area contributed by atoms with E-state index in [1.54, 1.807) is 13.0 Å². The van der Waals surface area contributed by atoms with Crippen LogP contribution in [-0.4, -0.2) is 64.5 Å². The number of aromatic nitrogens is 1. The largest absolute Gasteiger partial charge is 1.00 e. The fraction of sp³-hybridized carbons (Fsp3) is 0.815. The van der Waals surface area contributed by atoms with Crippen molar-refractivity contribution < 1.29 is 45.4 Å². The first kappa shape index (κ1) is 27.6. The predicted molar refractivity (Wildman–Crippen MR) is 130 cm³/mol. The number of ether oxygens (including phenoxy) is 1. The molecule has 6 rings (SSSR count). The minimum atomic E-state index is -1.36. The molecule has 2 saturated carbocycles. The van der Waals surface area contributed by atoms with E-state index in [9.17, 15) is 14.7 Å². The number of nitrogens with zero attached hydrogens (tertiary/aromatic N) is 2. The lowest BCUT2D eigenvalue weighted by molar-refractivity contribution is -0.939. The topological polar surface area (TPSA) is 102 Å². The first-order valence-electron chi connectivity index (χ1n) is 13.9. The number of fused-ring (bicyclic) bond motifs is 3. The van der Waals surface area contributed by atoms with Crippen LogP contribution in [0.25, 0.3) is 0 Å². The van der Waals surface area contributed by atoms with Crippen LogP contribution in [0.15, 0.2) is 10.6 Å². The molecule has 2 N–H and O–H groups in total. The number of halogens is 1. The molecule has 1 aromatic rings. The van der Waals surface area contributed by atoms with Gasteiger partial charge in [0.15, 0.2) is 24.1 Å². The number of carbonyl (C=O) groups is 2. The summed E-state index contributed by atoms with van der Waals surface area (Å²) in [6.07, 6.45) is 12.0. The molecule has 9 heteroatoms. The zero-order chi connectivity index (χ0) is 24.5. The Labute approximate surface area is 224 Å². The molecule has 5 fully saturated rings. The third-order valence-corrected chi connectivity index (χ3v) is 9.46. The number of rotatable bonds is 7. The Balaban J connectivity index is 0.00000304. The Morgan fingerprint density at radius 1 is 1.06 bits per heavy atom. The first-order valence-corrected chi connectivity index (χ1v) is 13.9. The van der Waals surface area contributed by atoms with E-state index >= 15 is 0 Å². The Morgan fingerprint density at radius 3 is 2.17 bits per heavy atom. The van der Waals surface area contributed by atoms with Gasteiger partial charge in [-0.05, 0) is 44.4 Å². The summed E-state index contributed by atoms with van der Waals surface area (Å²) in [7, 11) is 0. The van der Waals surface area contributed by atoms with Crippen LogP contribution in [0, 0.1) is 24.7 Å². The van der Waals surface area contributed by atoms with E-state index in [0.717, 1.165) is 77.3 Å². The molecule has 2 aliphatic carbocycles. The zero-order valence-electron chi connectivity index (χ0n) is 21.6. The van der Waals surface area contributed by atoms with Crippen molar-refractivity contribution >= 4 is 17.7 Å². The summed E-state index contributed by atoms with van der Waals surface area (Å²) in [5.41, 5.74) is -1.36. The third-order valence-electron chi connectivity index (χ3n) is 9.46. The number of esters is 1. The summed E-state index contributed by atoms with van der Waals surface area (Å²) < 4.78 is 11.9. The van der Waals surface area contributed by atoms with E-state index in [4.69, 9.17) is 9.26 Å². The molecule has 3 aliphatic heterocycles. The molecule has 1 aromatic heterocycles. The summed E-state index contributed by atoms with van der Waals surface area (Å²) in [4.78, 5) is 26.6. The number of amides is 1. The Morgan fingerprint density at radius 2 is 1.64 bits per heavy atom. The molecule has 4 heterocycles. The van der Waals surface area contributed by atoms with Crippen molar-refractivity contribution in [3.8, 4) is 0 Å². The zero-order valence-corrected chi connectivity index (χ0v) is 23.1. The van der Waals surface area contributed by atoms with Gasteiger partial charge in [0.2, 0.25) is 0 Å². The van der Waals surface area contributed by atoms with Crippen molar-refractivity contribution in [2.45, 2.75) is 95.7 Å². The van der Waals surface area contributed by atoms with E-state index in [1.165, 1.54) is 12.8 Å². The van der Waals surface area contributed by atoms with Gasteiger partial charge in [-0.3, -0.25) is 4.79 Å². The van der Waals surface area contributed by atoms with E-state index < -0.39 is 5.60 Å². The number of carbonyl (C=O) groups excluding carboxylic acids is 2. The molecule has 0 aromatic carbocycles. The molecule has 3 saturated heterocycles. The number of hydrogen-bond acceptors (Lipinski definition) is 6. The Hall–Kier alpha value is -1.45. The van der Waals surface area contributed by atoms with Crippen LogP contribution in [0.5, 0.6) is 0 Å². The second-order valence-corrected chi connectivity index (χ2v) is 11.8. The average molecular weight is 569 g/mol. The minimum absolute atomic E-state index is 0. The van der Waals surface area contributed by atoms with Crippen LogP contribution in [0.2, 0.25) is 0 Å². The van der Waals surface area contributed by atoms with Gasteiger partial charge in [-0.25, -0.2) is 4.79 Å². The lowest BCUT2D eigenvalue weighted by atomic mass is 9.66. The highest BCUT2D eigenvalue weighted by atomic mass is 79.9. The monoisotopic (exact) mass is 567 g/mol. The second-order valence-electron chi connectivity index (χ2n) is 11.8. The van der Waals surface area contributed by atoms with Gasteiger partial charge in [-0.15, -0.1) is 0 Å². The fourth-order valence-electron chi connectivity index (χ4n) is 7.47. The van der Waals surface area contributed by atoms with E-state index in [1.807, 2.05) is 0 Å². The maximum Gasteiger partial charge on any atom is 0.339 e. The number of nitrogens with one attached hydrogen (secondary N) is 1. The van der Waals surface area contributed by atoms with Crippen LogP contribution < -0.4 is 22.3 Å². The Kier molecular flexibility index (Phi) is 8.83. The molecule has 0 radical (unpaired) electrons. The molecule has 0 unspecified atom stereocenters. The molecule has 1 amide bonds. The predicted octanol–water partition coefficient (Wildman–Crippen LogP) is 0.969. The Bertz CT molecular complexity index is 883. The molecule has 0 spiro atoms. The SMILES string of the molecule is Cc1cc(NC(=O)C[N+]23CCC(CC2)[C@@H](OC(=O)C(O)(C2CCCCC2)C2CCCCC2)C3)no1.[Br-]. The van der Waals surface area contributed by atoms with Crippen molar-refractivity contribution in [3.05, 3.63) is 11.8 Å². The molecule has 8 nitrogen and oxygen atoms in total. The van der Waals surface area contributed by atoms with E-state index in [0.29, 0.717) is 35.1 Å². The maximum absolute atomic E-state index is 13.8. The van der Waals surface area contributed by atoms with Gasteiger partial charge in [0.05, 0.1) is 13.1 Å². The standard InChI is InChI=1S/C27H41N3O5.BrH/c1-19-16-24(29-35-19)28-25(31)18-30-14-12-20(13-15-30)23(17-30)34-26(32)27(33,21-8-4-2-5-9-21)22-10-6-3-7-11-22;/h16,20-23,33H,2-15,17-18H2,1H3;1H/t20?,23-,30?;/m0./s1. The summed E-state index contributed by atoms with van der Waals surface area (Å²) in [6, 6.07) is 1.71. The highest BCUT2D eigenvalue weighted by Gasteiger charge is 2.54. The highest BCUT2D eigenvalue weighted by Crippen LogP contribution is 2.45. The molecule has 5 aliphatic rings. The number of piperidine rings is 3. The number of quaternary nitrogens is 1. The van der Waals surface area contributed by atoms with Crippen LogP contribution in [0.3, 0.4) is 0 Å². The average Bonchev–Trinajstić information content (AvgIpc) is 3.29. The molecular weight excluding hydrogens is 526 g/mol. The molecule has 202 valence electrons. The fourth-order valence-corrected chi connectivity index (χ4v) is 7.47. The van der Waals surface area contributed by atoms with Crippen LogP contribution in [0.1, 0.15) is 82.8 Å². The van der Waals surface area contributed by atoms with Crippen LogP contribution >= 0.6 is 0 Å². The summed E-state index contributed by atoms with van der Waals surface area (Å²) >= 11 is 0. The first-order chi connectivity index (χ1) is 16.9. The number of hydrogen-bond donors (Lipinski definition) is 2. The molecule has 36 heavy (non-hydrogen) atoms. The minimum Gasteiger partial charge on any atom is -1.00 e. The highest BCUT2D eigenvalue weighted by molar-refractivity contribution is 5.90. The second kappa shape index (κ2) is 11.5. The van der Waals surface area contributed by atoms with Gasteiger partial charge >= 0.3 is 5.97 Å². The van der Waals surface area contributed by atoms with Gasteiger partial charge in [0.25, 0.3) is 5.91 Å². The lowest BCUT2D eigenvalue weighted by Crippen LogP contribution is -3.00. The van der Waals surface area contributed by atoms with Crippen LogP contribution in [0.4, 0.5) is 5.82 Å². The van der Waals surface area contributed by atoms with Crippen molar-refractivity contribution in [2.24, 2.45) is 17.8 Å². The summed E-state index contributed by atoms with van der Waals surface area (Å²) in [6.45, 7) is 4.61. The van der Waals surface area contributed by atoms with E-state index in [-0.39, 0.29) is 46.8 Å². The van der Waals surface area contributed by atoms with Crippen LogP contribution in [-0.2, 0) is 14.3 Å². The quantitative estimate of drug-likeness (QED) is 0.376. The maximum atomic E-state index is 13.8. The van der Waals surface area contributed by atoms with Gasteiger partial charge in [0.1, 0.15) is 12.3 Å². The summed E-state index contributed by atoms with van der Waals surface area (Å²) in [5, 5.41) is 18.8. The van der Waals surface area contributed by atoms with Gasteiger partial charge in [0, 0.05) is 24.8 Å². The smallest absolute Gasteiger partial charge is 0.339 e. The van der Waals surface area contributed by atoms with Gasteiger partial charge in [-0.2, -0.15) is 0 Å². The molecule has 2 bridgehead atoms. The van der Waals surface area contributed by atoms with Crippen molar-refractivity contribution in [2.75, 3.05) is 31.5 Å². The van der Waals surface area contributed by atoms with Crippen molar-refractivity contribution in [3.63, 3.8) is 0 Å². The number of aliphatic hydroxyl groups is 1. The third kappa shape index (κ3) is 5.68. The molecular formula is C27H42BrN3O5. The molecule has 1 atom stereocenters. The number of anilines is 1. The van der Waals surface area contributed by atoms with Crippen molar-refractivity contribution in [1.82, 2.24) is 5.16 Å². The number of aryl methyl sites for hydroxylation is 1. The van der Waals surface area contributed by atoms with Gasteiger partial charge in [-0.1, -0.05) is 43.7 Å². The van der Waals surface area contributed by atoms with Crippen molar-refractivity contribution in [1.29, 1.82) is 0 Å². The summed E-state index contributed by atoms with van der Waals surface area (Å²) in [5.74, 6) is 0.954. The van der Waals surface area contributed by atoms with Gasteiger partial charge < -0.3 is 41.1 Å². The normalized spacial score (nSPS) is 29.4. The van der Waals surface area contributed by atoms with E-state index in [2.05, 4.69) is 10.5 Å². The lowest BCUT2D eigenvalue weighted by Gasteiger charge is -2.52.